The number of esters is 1. The molecule has 2 heterocycles. The number of hydrogen-bond acceptors (Lipinski definition) is 6. The van der Waals surface area contributed by atoms with Crippen LogP contribution in [-0.4, -0.2) is 28.5 Å². The van der Waals surface area contributed by atoms with Gasteiger partial charge in [0.2, 0.25) is 0 Å². The standard InChI is InChI=1S/C20H13Cl2F3N4O3/c21-12-8-15(22)18(27-9-12)29-16(30)10-32-19(31)14-5-2-6-26-17(14)28-13-4-1-3-11(7-13)20(23,24)25/h1-9H,10H2,(H,26,28)(H,27,29,30). The molecule has 0 atom stereocenters. The summed E-state index contributed by atoms with van der Waals surface area (Å²) >= 11 is 11.6. The van der Waals surface area contributed by atoms with Crippen LogP contribution in [0.2, 0.25) is 10.0 Å². The topological polar surface area (TPSA) is 93.2 Å². The van der Waals surface area contributed by atoms with Crippen molar-refractivity contribution in [2.45, 2.75) is 6.18 Å². The fraction of sp³-hybridized carbons (Fsp3) is 0.100. The molecule has 0 fully saturated rings. The molecule has 0 bridgehead atoms. The van der Waals surface area contributed by atoms with Crippen molar-refractivity contribution >= 4 is 52.4 Å². The average Bonchev–Trinajstić information content (AvgIpc) is 2.74. The second kappa shape index (κ2) is 9.84. The van der Waals surface area contributed by atoms with Gasteiger partial charge < -0.3 is 15.4 Å². The van der Waals surface area contributed by atoms with E-state index in [-0.39, 0.29) is 32.9 Å². The highest BCUT2D eigenvalue weighted by atomic mass is 35.5. The van der Waals surface area contributed by atoms with E-state index in [1.807, 2.05) is 0 Å². The van der Waals surface area contributed by atoms with Crippen molar-refractivity contribution in [3.05, 3.63) is 76.0 Å². The SMILES string of the molecule is O=C(COC(=O)c1cccnc1Nc1cccc(C(F)(F)F)c1)Nc1ncc(Cl)cc1Cl. The van der Waals surface area contributed by atoms with E-state index in [0.29, 0.717) is 0 Å². The number of nitrogens with one attached hydrogen (secondary N) is 2. The second-order valence-electron chi connectivity index (χ2n) is 6.21. The first kappa shape index (κ1) is 23.3. The van der Waals surface area contributed by atoms with Crippen LogP contribution in [0, 0.1) is 0 Å². The zero-order valence-corrected chi connectivity index (χ0v) is 17.4. The number of pyridine rings is 2. The Bertz CT molecular complexity index is 1160. The zero-order valence-electron chi connectivity index (χ0n) is 15.9. The van der Waals surface area contributed by atoms with E-state index in [2.05, 4.69) is 20.6 Å². The van der Waals surface area contributed by atoms with Crippen LogP contribution in [0.1, 0.15) is 15.9 Å². The van der Waals surface area contributed by atoms with Gasteiger partial charge in [0.25, 0.3) is 5.91 Å². The molecule has 0 unspecified atom stereocenters. The Hall–Kier alpha value is -3.37. The molecule has 166 valence electrons. The summed E-state index contributed by atoms with van der Waals surface area (Å²) in [5.74, 6) is -1.64. The minimum Gasteiger partial charge on any atom is -0.452 e. The molecular weight excluding hydrogens is 472 g/mol. The third kappa shape index (κ3) is 6.08. The molecule has 0 radical (unpaired) electrons. The fourth-order valence-corrected chi connectivity index (χ4v) is 2.89. The number of benzene rings is 1. The van der Waals surface area contributed by atoms with Gasteiger partial charge in [-0.15, -0.1) is 0 Å². The predicted molar refractivity (Wildman–Crippen MR) is 112 cm³/mol. The minimum atomic E-state index is -4.53. The maximum absolute atomic E-state index is 12.9. The van der Waals surface area contributed by atoms with Gasteiger partial charge in [0, 0.05) is 18.1 Å². The van der Waals surface area contributed by atoms with Crippen molar-refractivity contribution < 1.29 is 27.5 Å². The molecule has 0 aliphatic carbocycles. The molecule has 2 N–H and O–H groups in total. The Morgan fingerprint density at radius 1 is 1.03 bits per heavy atom. The lowest BCUT2D eigenvalue weighted by Crippen LogP contribution is -2.22. The maximum Gasteiger partial charge on any atom is 0.416 e. The third-order valence-electron chi connectivity index (χ3n) is 3.88. The molecule has 12 heteroatoms. The van der Waals surface area contributed by atoms with Gasteiger partial charge in [-0.05, 0) is 36.4 Å². The van der Waals surface area contributed by atoms with Crippen LogP contribution < -0.4 is 10.6 Å². The minimum absolute atomic E-state index is 0.0328. The lowest BCUT2D eigenvalue weighted by atomic mass is 10.2. The highest BCUT2D eigenvalue weighted by Crippen LogP contribution is 2.31. The van der Waals surface area contributed by atoms with Gasteiger partial charge in [-0.25, -0.2) is 14.8 Å². The first-order chi connectivity index (χ1) is 15.1. The Labute approximate surface area is 189 Å². The summed E-state index contributed by atoms with van der Waals surface area (Å²) in [6, 6.07) is 8.55. The summed E-state index contributed by atoms with van der Waals surface area (Å²) in [5.41, 5.74) is -0.886. The Balaban J connectivity index is 1.67. The largest absolute Gasteiger partial charge is 0.452 e. The monoisotopic (exact) mass is 484 g/mol. The van der Waals surface area contributed by atoms with Gasteiger partial charge in [-0.2, -0.15) is 13.2 Å². The second-order valence-corrected chi connectivity index (χ2v) is 7.06. The highest BCUT2D eigenvalue weighted by Gasteiger charge is 2.30. The quantitative estimate of drug-likeness (QED) is 0.458. The molecule has 1 amide bonds. The summed E-state index contributed by atoms with van der Waals surface area (Å²) in [4.78, 5) is 32.3. The van der Waals surface area contributed by atoms with Crippen molar-refractivity contribution in [3.63, 3.8) is 0 Å². The summed E-state index contributed by atoms with van der Waals surface area (Å²) in [6.07, 6.45) is -1.91. The summed E-state index contributed by atoms with van der Waals surface area (Å²) in [6.45, 7) is -0.669. The number of carbonyl (C=O) groups is 2. The molecule has 7 nitrogen and oxygen atoms in total. The number of nitrogens with zero attached hydrogens (tertiary/aromatic N) is 2. The van der Waals surface area contributed by atoms with Crippen LogP contribution in [0.15, 0.2) is 54.9 Å². The van der Waals surface area contributed by atoms with Crippen molar-refractivity contribution in [2.75, 3.05) is 17.2 Å². The van der Waals surface area contributed by atoms with Gasteiger partial charge in [0.05, 0.1) is 15.6 Å². The number of aromatic nitrogens is 2. The van der Waals surface area contributed by atoms with Crippen molar-refractivity contribution in [3.8, 4) is 0 Å². The van der Waals surface area contributed by atoms with E-state index in [4.69, 9.17) is 27.9 Å². The van der Waals surface area contributed by atoms with E-state index >= 15 is 0 Å². The molecular formula is C20H13Cl2F3N4O3. The first-order valence-corrected chi connectivity index (χ1v) is 9.56. The zero-order chi connectivity index (χ0) is 23.3. The van der Waals surface area contributed by atoms with Crippen LogP contribution in [0.3, 0.4) is 0 Å². The number of rotatable bonds is 6. The van der Waals surface area contributed by atoms with Crippen LogP contribution in [0.4, 0.5) is 30.5 Å². The maximum atomic E-state index is 12.9. The number of anilines is 3. The summed E-state index contributed by atoms with van der Waals surface area (Å²) in [7, 11) is 0. The van der Waals surface area contributed by atoms with E-state index in [1.54, 1.807) is 0 Å². The van der Waals surface area contributed by atoms with Crippen LogP contribution in [0.25, 0.3) is 0 Å². The molecule has 2 aromatic heterocycles. The lowest BCUT2D eigenvalue weighted by Gasteiger charge is -2.13. The van der Waals surface area contributed by atoms with Crippen molar-refractivity contribution in [2.24, 2.45) is 0 Å². The fourth-order valence-electron chi connectivity index (χ4n) is 2.46. The molecule has 1 aromatic carbocycles. The molecule has 0 saturated carbocycles. The van der Waals surface area contributed by atoms with Gasteiger partial charge in [0.1, 0.15) is 11.4 Å². The average molecular weight is 485 g/mol. The van der Waals surface area contributed by atoms with Gasteiger partial charge in [-0.3, -0.25) is 4.79 Å². The van der Waals surface area contributed by atoms with Gasteiger partial charge >= 0.3 is 12.1 Å². The van der Waals surface area contributed by atoms with Crippen LogP contribution in [0.5, 0.6) is 0 Å². The number of ether oxygens (including phenoxy) is 1. The number of hydrogen-bond donors (Lipinski definition) is 2. The Morgan fingerprint density at radius 3 is 2.53 bits per heavy atom. The van der Waals surface area contributed by atoms with Gasteiger partial charge in [0.15, 0.2) is 12.4 Å². The Kier molecular flexibility index (Phi) is 7.16. The third-order valence-corrected chi connectivity index (χ3v) is 4.38. The van der Waals surface area contributed by atoms with E-state index < -0.39 is 30.2 Å². The predicted octanol–water partition coefficient (Wildman–Crippen LogP) is 5.34. The molecule has 0 aliphatic rings. The van der Waals surface area contributed by atoms with E-state index in [9.17, 15) is 22.8 Å². The molecule has 0 spiro atoms. The number of amides is 1. The molecule has 3 aromatic rings. The van der Waals surface area contributed by atoms with E-state index in [1.165, 1.54) is 42.7 Å². The molecule has 3 rings (SSSR count). The molecule has 32 heavy (non-hydrogen) atoms. The highest BCUT2D eigenvalue weighted by molar-refractivity contribution is 6.36. The Morgan fingerprint density at radius 2 is 1.81 bits per heavy atom. The van der Waals surface area contributed by atoms with Crippen molar-refractivity contribution in [1.29, 1.82) is 0 Å². The lowest BCUT2D eigenvalue weighted by molar-refractivity contribution is -0.137. The van der Waals surface area contributed by atoms with Crippen molar-refractivity contribution in [1.82, 2.24) is 9.97 Å². The molecule has 0 aliphatic heterocycles. The first-order valence-electron chi connectivity index (χ1n) is 8.81. The van der Waals surface area contributed by atoms with Crippen LogP contribution in [-0.2, 0) is 15.7 Å². The van der Waals surface area contributed by atoms with Gasteiger partial charge in [-0.1, -0.05) is 29.3 Å². The number of alkyl halides is 3. The normalized spacial score (nSPS) is 11.0. The summed E-state index contributed by atoms with van der Waals surface area (Å²) in [5, 5.41) is 5.39. The summed E-state index contributed by atoms with van der Waals surface area (Å²) < 4.78 is 43.7. The number of carbonyl (C=O) groups excluding carboxylic acids is 2. The smallest absolute Gasteiger partial charge is 0.416 e. The number of halogens is 5. The molecule has 0 saturated heterocycles. The van der Waals surface area contributed by atoms with Crippen LogP contribution >= 0.6 is 23.2 Å². The van der Waals surface area contributed by atoms with E-state index in [0.717, 1.165) is 12.1 Å².